The second-order valence-electron chi connectivity index (χ2n) is 6.57. The van der Waals surface area contributed by atoms with Crippen LogP contribution in [0, 0.1) is 5.92 Å². The highest BCUT2D eigenvalue weighted by molar-refractivity contribution is 6.35. The molecule has 0 spiro atoms. The van der Waals surface area contributed by atoms with Crippen LogP contribution in [0.1, 0.15) is 31.0 Å². The van der Waals surface area contributed by atoms with E-state index in [1.807, 2.05) is 38.1 Å². The summed E-state index contributed by atoms with van der Waals surface area (Å²) in [5.41, 5.74) is 1.69. The number of hydrogen-bond acceptors (Lipinski definition) is 4. The monoisotopic (exact) mass is 384 g/mol. The SMILES string of the molecule is COc1ccc(C(NC(=O)C(C)C)c2cc(Cl)c3cccnc3c2O)cc1. The Morgan fingerprint density at radius 3 is 2.56 bits per heavy atom. The number of phenolic OH excluding ortho intramolecular Hbond substituents is 1. The van der Waals surface area contributed by atoms with Gasteiger partial charge in [0.05, 0.1) is 18.2 Å². The summed E-state index contributed by atoms with van der Waals surface area (Å²) in [6.45, 7) is 3.63. The number of nitrogens with zero attached hydrogens (tertiary/aromatic N) is 1. The first kappa shape index (κ1) is 19.0. The number of fused-ring (bicyclic) bond motifs is 1. The molecule has 0 saturated carbocycles. The van der Waals surface area contributed by atoms with Gasteiger partial charge in [0.25, 0.3) is 0 Å². The first-order chi connectivity index (χ1) is 12.9. The number of benzene rings is 2. The lowest BCUT2D eigenvalue weighted by Gasteiger charge is -2.23. The Hall–Kier alpha value is -2.79. The van der Waals surface area contributed by atoms with Crippen LogP contribution in [0.4, 0.5) is 0 Å². The lowest BCUT2D eigenvalue weighted by molar-refractivity contribution is -0.124. The summed E-state index contributed by atoms with van der Waals surface area (Å²) in [4.78, 5) is 16.7. The smallest absolute Gasteiger partial charge is 0.223 e. The van der Waals surface area contributed by atoms with Crippen molar-refractivity contribution in [2.24, 2.45) is 5.92 Å². The van der Waals surface area contributed by atoms with Gasteiger partial charge < -0.3 is 15.2 Å². The standard InChI is InChI=1S/C21H21ClN2O3/c1-12(2)21(26)24-18(13-6-8-14(27-3)9-7-13)16-11-17(22)15-5-4-10-23-19(15)20(16)25/h4-12,18,25H,1-3H3,(H,24,26). The Morgan fingerprint density at radius 1 is 1.22 bits per heavy atom. The molecule has 1 amide bonds. The Labute approximate surface area is 163 Å². The molecule has 0 aliphatic rings. The van der Waals surface area contributed by atoms with E-state index in [1.165, 1.54) is 0 Å². The number of ether oxygens (including phenoxy) is 1. The van der Waals surface area contributed by atoms with Crippen molar-refractivity contribution in [3.05, 3.63) is 64.8 Å². The highest BCUT2D eigenvalue weighted by atomic mass is 35.5. The van der Waals surface area contributed by atoms with Gasteiger partial charge >= 0.3 is 0 Å². The molecule has 2 aromatic carbocycles. The molecule has 2 N–H and O–H groups in total. The molecule has 0 bridgehead atoms. The zero-order valence-corrected chi connectivity index (χ0v) is 16.1. The molecule has 0 saturated heterocycles. The zero-order chi connectivity index (χ0) is 19.6. The molecule has 3 aromatic rings. The van der Waals surface area contributed by atoms with Gasteiger partial charge in [-0.2, -0.15) is 0 Å². The number of aromatic hydroxyl groups is 1. The van der Waals surface area contributed by atoms with E-state index in [4.69, 9.17) is 16.3 Å². The van der Waals surface area contributed by atoms with E-state index in [9.17, 15) is 9.90 Å². The maximum absolute atomic E-state index is 12.4. The predicted molar refractivity (Wildman–Crippen MR) is 106 cm³/mol. The third kappa shape index (κ3) is 3.83. The molecule has 6 heteroatoms. The van der Waals surface area contributed by atoms with Crippen LogP contribution >= 0.6 is 11.6 Å². The fourth-order valence-corrected chi connectivity index (χ4v) is 3.14. The van der Waals surface area contributed by atoms with Crippen molar-refractivity contribution in [1.29, 1.82) is 0 Å². The van der Waals surface area contributed by atoms with E-state index >= 15 is 0 Å². The van der Waals surface area contributed by atoms with E-state index in [0.717, 1.165) is 5.56 Å². The molecule has 0 fully saturated rings. The number of methoxy groups -OCH3 is 1. The Kier molecular flexibility index (Phi) is 5.51. The number of carbonyl (C=O) groups excluding carboxylic acids is 1. The van der Waals surface area contributed by atoms with Gasteiger partial charge in [0.15, 0.2) is 0 Å². The van der Waals surface area contributed by atoms with E-state index in [2.05, 4.69) is 10.3 Å². The molecule has 0 aliphatic carbocycles. The molecular weight excluding hydrogens is 364 g/mol. The predicted octanol–water partition coefficient (Wildman–Crippen LogP) is 4.46. The Bertz CT molecular complexity index is 971. The fourth-order valence-electron chi connectivity index (χ4n) is 2.87. The number of nitrogens with one attached hydrogen (secondary N) is 1. The van der Waals surface area contributed by atoms with Crippen LogP contribution in [0.15, 0.2) is 48.7 Å². The van der Waals surface area contributed by atoms with Crippen LogP contribution in [-0.2, 0) is 4.79 Å². The van der Waals surface area contributed by atoms with Crippen LogP contribution < -0.4 is 10.1 Å². The molecule has 0 radical (unpaired) electrons. The third-order valence-corrected chi connectivity index (χ3v) is 4.73. The molecule has 1 heterocycles. The van der Waals surface area contributed by atoms with Gasteiger partial charge in [-0.1, -0.05) is 37.6 Å². The molecule has 1 unspecified atom stereocenters. The number of aromatic nitrogens is 1. The second kappa shape index (κ2) is 7.84. The largest absolute Gasteiger partial charge is 0.505 e. The fraction of sp³-hybridized carbons (Fsp3) is 0.238. The highest BCUT2D eigenvalue weighted by Gasteiger charge is 2.24. The minimum Gasteiger partial charge on any atom is -0.505 e. The van der Waals surface area contributed by atoms with E-state index in [0.29, 0.717) is 27.2 Å². The molecule has 27 heavy (non-hydrogen) atoms. The summed E-state index contributed by atoms with van der Waals surface area (Å²) in [6.07, 6.45) is 1.59. The van der Waals surface area contributed by atoms with Gasteiger partial charge in [-0.05, 0) is 35.9 Å². The molecular formula is C21H21ClN2O3. The quantitative estimate of drug-likeness (QED) is 0.681. The number of rotatable bonds is 5. The van der Waals surface area contributed by atoms with Crippen LogP contribution in [-0.4, -0.2) is 23.1 Å². The Morgan fingerprint density at radius 2 is 1.93 bits per heavy atom. The minimum absolute atomic E-state index is 0.000117. The molecule has 1 aromatic heterocycles. The van der Waals surface area contributed by atoms with E-state index in [1.54, 1.807) is 31.5 Å². The van der Waals surface area contributed by atoms with Crippen molar-refractivity contribution >= 4 is 28.4 Å². The van der Waals surface area contributed by atoms with Crippen LogP contribution in [0.2, 0.25) is 5.02 Å². The summed E-state index contributed by atoms with van der Waals surface area (Å²) in [5, 5.41) is 15.0. The van der Waals surface area contributed by atoms with Crippen molar-refractivity contribution in [1.82, 2.24) is 10.3 Å². The number of halogens is 1. The first-order valence-electron chi connectivity index (χ1n) is 8.62. The molecule has 0 aliphatic heterocycles. The minimum atomic E-state index is -0.574. The van der Waals surface area contributed by atoms with Crippen LogP contribution in [0.3, 0.4) is 0 Å². The number of hydrogen-bond donors (Lipinski definition) is 2. The summed E-state index contributed by atoms with van der Waals surface area (Å²) >= 11 is 6.43. The molecule has 3 rings (SSSR count). The lowest BCUT2D eigenvalue weighted by Crippen LogP contribution is -2.32. The molecule has 5 nitrogen and oxygen atoms in total. The Balaban J connectivity index is 2.16. The maximum atomic E-state index is 12.4. The first-order valence-corrected chi connectivity index (χ1v) is 9.00. The number of carbonyl (C=O) groups is 1. The topological polar surface area (TPSA) is 71.5 Å². The summed E-state index contributed by atoms with van der Waals surface area (Å²) in [5.74, 6) is 0.365. The van der Waals surface area contributed by atoms with Gasteiger partial charge in [-0.3, -0.25) is 9.78 Å². The van der Waals surface area contributed by atoms with Crippen molar-refractivity contribution in [2.45, 2.75) is 19.9 Å². The normalized spacial score (nSPS) is 12.2. The van der Waals surface area contributed by atoms with Crippen molar-refractivity contribution < 1.29 is 14.6 Å². The average molecular weight is 385 g/mol. The van der Waals surface area contributed by atoms with E-state index < -0.39 is 6.04 Å². The van der Waals surface area contributed by atoms with Crippen LogP contribution in [0.5, 0.6) is 11.5 Å². The highest BCUT2D eigenvalue weighted by Crippen LogP contribution is 2.38. The third-order valence-electron chi connectivity index (χ3n) is 4.42. The number of pyridine rings is 1. The van der Waals surface area contributed by atoms with Crippen molar-refractivity contribution in [3.8, 4) is 11.5 Å². The average Bonchev–Trinajstić information content (AvgIpc) is 2.69. The zero-order valence-electron chi connectivity index (χ0n) is 15.4. The molecule has 140 valence electrons. The van der Waals surface area contributed by atoms with Gasteiger partial charge in [0, 0.05) is 23.1 Å². The maximum Gasteiger partial charge on any atom is 0.223 e. The van der Waals surface area contributed by atoms with E-state index in [-0.39, 0.29) is 17.6 Å². The number of amides is 1. The van der Waals surface area contributed by atoms with Crippen LogP contribution in [0.25, 0.3) is 10.9 Å². The summed E-state index contributed by atoms with van der Waals surface area (Å²) in [7, 11) is 1.59. The van der Waals surface area contributed by atoms with Gasteiger partial charge in [0.2, 0.25) is 5.91 Å². The molecule has 1 atom stereocenters. The lowest BCUT2D eigenvalue weighted by atomic mass is 9.95. The number of phenols is 1. The van der Waals surface area contributed by atoms with Crippen molar-refractivity contribution in [2.75, 3.05) is 7.11 Å². The summed E-state index contributed by atoms with van der Waals surface area (Å²) in [6, 6.07) is 12.0. The second-order valence-corrected chi connectivity index (χ2v) is 6.97. The van der Waals surface area contributed by atoms with Gasteiger partial charge in [0.1, 0.15) is 17.0 Å². The van der Waals surface area contributed by atoms with Crippen molar-refractivity contribution in [3.63, 3.8) is 0 Å². The van der Waals surface area contributed by atoms with Gasteiger partial charge in [-0.25, -0.2) is 0 Å². The summed E-state index contributed by atoms with van der Waals surface area (Å²) < 4.78 is 5.21. The van der Waals surface area contributed by atoms with Gasteiger partial charge in [-0.15, -0.1) is 0 Å².